The third-order valence-electron chi connectivity index (χ3n) is 1.58. The Morgan fingerprint density at radius 2 is 2.00 bits per heavy atom. The summed E-state index contributed by atoms with van der Waals surface area (Å²) in [6.07, 6.45) is 1.80. The molecule has 6 heteroatoms. The molecule has 1 amide bonds. The molecule has 0 rings (SSSR count). The number of carbonyl (C=O) groups excluding carboxylic acids is 2. The number of carbonyl (C=O) groups is 2. The second-order valence-corrected chi connectivity index (χ2v) is 5.64. The lowest BCUT2D eigenvalue weighted by molar-refractivity contribution is -0.113. The fourth-order valence-corrected chi connectivity index (χ4v) is 1.56. The quantitative estimate of drug-likeness (QED) is 0.777. The standard InChI is InChI=1S/C10H18ClNO3S/c1-10(2,3)15-9(14)12-7(8(11)13)5-6-16-4/h7H,5-6H2,1-4H3,(H,12,14)/t7-/m0/s1. The van der Waals surface area contributed by atoms with Gasteiger partial charge in [-0.1, -0.05) is 0 Å². The number of thioether (sulfide) groups is 1. The number of nitrogens with one attached hydrogen (secondary N) is 1. The number of rotatable bonds is 5. The Hall–Kier alpha value is -0.420. The first kappa shape index (κ1) is 15.6. The van der Waals surface area contributed by atoms with Gasteiger partial charge in [0.1, 0.15) is 11.6 Å². The largest absolute Gasteiger partial charge is 0.444 e. The van der Waals surface area contributed by atoms with E-state index in [0.29, 0.717) is 6.42 Å². The molecular formula is C10H18ClNO3S. The molecule has 94 valence electrons. The van der Waals surface area contributed by atoms with E-state index >= 15 is 0 Å². The zero-order valence-electron chi connectivity index (χ0n) is 10.0. The zero-order valence-corrected chi connectivity index (χ0v) is 11.6. The van der Waals surface area contributed by atoms with E-state index in [2.05, 4.69) is 5.32 Å². The first-order chi connectivity index (χ1) is 7.26. The van der Waals surface area contributed by atoms with Crippen LogP contribution in [0.2, 0.25) is 0 Å². The van der Waals surface area contributed by atoms with Gasteiger partial charge in [-0.15, -0.1) is 0 Å². The van der Waals surface area contributed by atoms with Crippen molar-refractivity contribution in [1.29, 1.82) is 0 Å². The SMILES string of the molecule is CSCC[C@H](NC(=O)OC(C)(C)C)C(=O)Cl. The number of amides is 1. The molecule has 0 aromatic heterocycles. The summed E-state index contributed by atoms with van der Waals surface area (Å²) in [5.41, 5.74) is -0.580. The second kappa shape index (κ2) is 7.01. The summed E-state index contributed by atoms with van der Waals surface area (Å²) < 4.78 is 5.03. The van der Waals surface area contributed by atoms with Gasteiger partial charge in [0.15, 0.2) is 0 Å². The predicted octanol–water partition coefficient (Wildman–Crippen LogP) is 2.40. The maximum absolute atomic E-state index is 11.4. The van der Waals surface area contributed by atoms with Gasteiger partial charge in [0.05, 0.1) is 0 Å². The van der Waals surface area contributed by atoms with Gasteiger partial charge >= 0.3 is 6.09 Å². The van der Waals surface area contributed by atoms with E-state index in [1.54, 1.807) is 32.5 Å². The lowest BCUT2D eigenvalue weighted by atomic mass is 10.2. The minimum atomic E-state index is -0.677. The van der Waals surface area contributed by atoms with Gasteiger partial charge in [-0.3, -0.25) is 4.79 Å². The van der Waals surface area contributed by atoms with Crippen molar-refractivity contribution in [2.45, 2.75) is 38.8 Å². The molecule has 0 bridgehead atoms. The molecule has 0 aromatic rings. The smallest absolute Gasteiger partial charge is 0.408 e. The van der Waals surface area contributed by atoms with E-state index in [4.69, 9.17) is 16.3 Å². The maximum atomic E-state index is 11.4. The van der Waals surface area contributed by atoms with Crippen LogP contribution in [0.3, 0.4) is 0 Å². The van der Waals surface area contributed by atoms with Gasteiger partial charge in [-0.2, -0.15) is 11.8 Å². The van der Waals surface area contributed by atoms with Gasteiger partial charge in [0.25, 0.3) is 0 Å². The average Bonchev–Trinajstić information content (AvgIpc) is 2.08. The van der Waals surface area contributed by atoms with Gasteiger partial charge in [0, 0.05) is 0 Å². The van der Waals surface area contributed by atoms with Crippen molar-refractivity contribution in [2.24, 2.45) is 0 Å². The third-order valence-corrected chi connectivity index (χ3v) is 2.48. The highest BCUT2D eigenvalue weighted by atomic mass is 35.5. The van der Waals surface area contributed by atoms with E-state index in [9.17, 15) is 9.59 Å². The Bertz CT molecular complexity index is 253. The molecule has 0 radical (unpaired) electrons. The Labute approximate surface area is 105 Å². The summed E-state index contributed by atoms with van der Waals surface area (Å²) in [5.74, 6) is 0.749. The molecule has 0 saturated carbocycles. The van der Waals surface area contributed by atoms with E-state index in [-0.39, 0.29) is 0 Å². The summed E-state index contributed by atoms with van der Waals surface area (Å²) in [7, 11) is 0. The van der Waals surface area contributed by atoms with Crippen molar-refractivity contribution >= 4 is 34.7 Å². The Balaban J connectivity index is 4.19. The predicted molar refractivity (Wildman–Crippen MR) is 67.0 cm³/mol. The van der Waals surface area contributed by atoms with Crippen molar-refractivity contribution in [3.63, 3.8) is 0 Å². The Morgan fingerprint density at radius 1 is 1.44 bits per heavy atom. The molecule has 4 nitrogen and oxygen atoms in total. The van der Waals surface area contributed by atoms with Crippen LogP contribution in [0, 0.1) is 0 Å². The van der Waals surface area contributed by atoms with Crippen LogP contribution in [0.5, 0.6) is 0 Å². The van der Waals surface area contributed by atoms with Crippen molar-refractivity contribution < 1.29 is 14.3 Å². The monoisotopic (exact) mass is 267 g/mol. The van der Waals surface area contributed by atoms with Crippen LogP contribution < -0.4 is 5.32 Å². The Kier molecular flexibility index (Phi) is 6.83. The molecule has 0 saturated heterocycles. The minimum absolute atomic E-state index is 0.503. The summed E-state index contributed by atoms with van der Waals surface area (Å²) in [5, 5.41) is 1.88. The topological polar surface area (TPSA) is 55.4 Å². The Morgan fingerprint density at radius 3 is 2.38 bits per heavy atom. The van der Waals surface area contributed by atoms with Gasteiger partial charge in [-0.05, 0) is 50.8 Å². The van der Waals surface area contributed by atoms with E-state index in [1.165, 1.54) is 0 Å². The first-order valence-corrected chi connectivity index (χ1v) is 6.71. The molecule has 16 heavy (non-hydrogen) atoms. The molecule has 0 unspecified atom stereocenters. The van der Waals surface area contributed by atoms with Crippen LogP contribution in [-0.2, 0) is 9.53 Å². The molecule has 0 aliphatic rings. The van der Waals surface area contributed by atoms with Gasteiger partial charge < -0.3 is 10.1 Å². The van der Waals surface area contributed by atoms with Crippen molar-refractivity contribution in [3.8, 4) is 0 Å². The fourth-order valence-electron chi connectivity index (χ4n) is 0.928. The van der Waals surface area contributed by atoms with Crippen LogP contribution in [0.15, 0.2) is 0 Å². The number of halogens is 1. The highest BCUT2D eigenvalue weighted by Gasteiger charge is 2.22. The molecular weight excluding hydrogens is 250 g/mol. The minimum Gasteiger partial charge on any atom is -0.444 e. The number of ether oxygens (including phenoxy) is 1. The lowest BCUT2D eigenvalue weighted by Crippen LogP contribution is -2.42. The van der Waals surface area contributed by atoms with Crippen LogP contribution in [0.25, 0.3) is 0 Å². The molecule has 0 spiro atoms. The fraction of sp³-hybridized carbons (Fsp3) is 0.800. The lowest BCUT2D eigenvalue weighted by Gasteiger charge is -2.22. The van der Waals surface area contributed by atoms with E-state index in [0.717, 1.165) is 5.75 Å². The first-order valence-electron chi connectivity index (χ1n) is 4.94. The number of alkyl carbamates (subject to hydrolysis) is 1. The third kappa shape index (κ3) is 7.82. The second-order valence-electron chi connectivity index (χ2n) is 4.28. The molecule has 0 aromatic carbocycles. The highest BCUT2D eigenvalue weighted by Crippen LogP contribution is 2.09. The van der Waals surface area contributed by atoms with Crippen LogP contribution >= 0.6 is 23.4 Å². The molecule has 0 heterocycles. The van der Waals surface area contributed by atoms with Crippen molar-refractivity contribution in [1.82, 2.24) is 5.32 Å². The van der Waals surface area contributed by atoms with Gasteiger partial charge in [0.2, 0.25) is 5.24 Å². The van der Waals surface area contributed by atoms with E-state index in [1.807, 2.05) is 6.26 Å². The molecule has 0 fully saturated rings. The number of hydrogen-bond acceptors (Lipinski definition) is 4. The molecule has 1 atom stereocenters. The van der Waals surface area contributed by atoms with E-state index < -0.39 is 23.0 Å². The number of hydrogen-bond donors (Lipinski definition) is 1. The maximum Gasteiger partial charge on any atom is 0.408 e. The normalized spacial score (nSPS) is 13.1. The summed E-state index contributed by atoms with van der Waals surface area (Å²) >= 11 is 6.96. The van der Waals surface area contributed by atoms with Crippen LogP contribution in [-0.4, -0.2) is 35.0 Å². The van der Waals surface area contributed by atoms with Crippen molar-refractivity contribution in [2.75, 3.05) is 12.0 Å². The van der Waals surface area contributed by atoms with Gasteiger partial charge in [-0.25, -0.2) is 4.79 Å². The summed E-state index contributed by atoms with van der Waals surface area (Å²) in [4.78, 5) is 22.4. The average molecular weight is 268 g/mol. The molecule has 0 aliphatic carbocycles. The molecule has 0 aliphatic heterocycles. The zero-order chi connectivity index (χ0) is 12.8. The van der Waals surface area contributed by atoms with Crippen LogP contribution in [0.4, 0.5) is 4.79 Å². The highest BCUT2D eigenvalue weighted by molar-refractivity contribution is 7.98. The summed E-state index contributed by atoms with van der Waals surface area (Å²) in [6.45, 7) is 5.27. The van der Waals surface area contributed by atoms with Crippen LogP contribution in [0.1, 0.15) is 27.2 Å². The molecule has 1 N–H and O–H groups in total. The van der Waals surface area contributed by atoms with Crippen molar-refractivity contribution in [3.05, 3.63) is 0 Å². The summed E-state index contributed by atoms with van der Waals surface area (Å²) in [6, 6.07) is -0.677.